The Morgan fingerprint density at radius 1 is 1.18 bits per heavy atom. The number of carbonyl (C=O) groups is 1. The van der Waals surface area contributed by atoms with E-state index in [0.717, 1.165) is 44.4 Å². The Labute approximate surface area is 132 Å². The maximum absolute atomic E-state index is 12.3. The van der Waals surface area contributed by atoms with Gasteiger partial charge in [0.05, 0.1) is 6.54 Å². The summed E-state index contributed by atoms with van der Waals surface area (Å²) in [6.45, 7) is 9.40. The van der Waals surface area contributed by atoms with Gasteiger partial charge in [0.15, 0.2) is 0 Å². The van der Waals surface area contributed by atoms with Crippen molar-refractivity contribution in [3.05, 3.63) is 11.6 Å². The van der Waals surface area contributed by atoms with E-state index in [1.54, 1.807) is 0 Å². The van der Waals surface area contributed by atoms with Gasteiger partial charge in [-0.25, -0.2) is 9.67 Å². The molecule has 6 heteroatoms. The van der Waals surface area contributed by atoms with Crippen LogP contribution in [0.3, 0.4) is 0 Å². The van der Waals surface area contributed by atoms with E-state index in [4.69, 9.17) is 0 Å². The summed E-state index contributed by atoms with van der Waals surface area (Å²) >= 11 is 0. The van der Waals surface area contributed by atoms with Crippen LogP contribution in [0.4, 0.5) is 0 Å². The van der Waals surface area contributed by atoms with E-state index < -0.39 is 0 Å². The minimum Gasteiger partial charge on any atom is -0.342 e. The summed E-state index contributed by atoms with van der Waals surface area (Å²) in [5.74, 6) is 2.71. The van der Waals surface area contributed by atoms with Gasteiger partial charge < -0.3 is 4.90 Å². The van der Waals surface area contributed by atoms with E-state index >= 15 is 0 Å². The Bertz CT molecular complexity index is 521. The number of piperidine rings is 1. The average molecular weight is 305 g/mol. The zero-order valence-electron chi connectivity index (χ0n) is 13.8. The molecule has 22 heavy (non-hydrogen) atoms. The standard InChI is InChI=1S/C16H27N5O/c1-13-17-14(2)21(18-13)11-15-6-5-7-19(10-15)12-16(22)20-8-3-4-9-20/h15H,3-12H2,1-2H3/t15-/m0/s1. The van der Waals surface area contributed by atoms with Crippen LogP contribution in [0, 0.1) is 19.8 Å². The van der Waals surface area contributed by atoms with Crippen molar-refractivity contribution in [2.75, 3.05) is 32.7 Å². The number of hydrogen-bond donors (Lipinski definition) is 0. The van der Waals surface area contributed by atoms with Gasteiger partial charge in [-0.15, -0.1) is 0 Å². The van der Waals surface area contributed by atoms with Gasteiger partial charge in [-0.05, 0) is 52.0 Å². The lowest BCUT2D eigenvalue weighted by molar-refractivity contribution is -0.131. The topological polar surface area (TPSA) is 54.3 Å². The van der Waals surface area contributed by atoms with E-state index in [2.05, 4.69) is 15.0 Å². The molecule has 1 aromatic rings. The Kier molecular flexibility index (Phi) is 4.76. The molecule has 1 atom stereocenters. The third-order valence-corrected chi connectivity index (χ3v) is 4.81. The molecule has 0 spiro atoms. The zero-order chi connectivity index (χ0) is 15.5. The molecule has 0 bridgehead atoms. The normalized spacial score (nSPS) is 23.2. The summed E-state index contributed by atoms with van der Waals surface area (Å²) in [6.07, 6.45) is 4.72. The highest BCUT2D eigenvalue weighted by atomic mass is 16.2. The molecule has 1 aromatic heterocycles. The highest BCUT2D eigenvalue weighted by Gasteiger charge is 2.25. The second-order valence-corrected chi connectivity index (χ2v) is 6.72. The van der Waals surface area contributed by atoms with Crippen LogP contribution in [-0.2, 0) is 11.3 Å². The molecule has 3 heterocycles. The quantitative estimate of drug-likeness (QED) is 0.839. The number of rotatable bonds is 4. The lowest BCUT2D eigenvalue weighted by Gasteiger charge is -2.33. The number of nitrogens with zero attached hydrogens (tertiary/aromatic N) is 5. The zero-order valence-corrected chi connectivity index (χ0v) is 13.8. The Morgan fingerprint density at radius 3 is 2.64 bits per heavy atom. The predicted octanol–water partition coefficient (Wildman–Crippen LogP) is 1.23. The second-order valence-electron chi connectivity index (χ2n) is 6.72. The highest BCUT2D eigenvalue weighted by Crippen LogP contribution is 2.19. The van der Waals surface area contributed by atoms with Crippen LogP contribution in [0.2, 0.25) is 0 Å². The van der Waals surface area contributed by atoms with E-state index in [-0.39, 0.29) is 0 Å². The lowest BCUT2D eigenvalue weighted by Crippen LogP contribution is -2.44. The van der Waals surface area contributed by atoms with E-state index in [1.807, 2.05) is 23.4 Å². The first-order valence-corrected chi connectivity index (χ1v) is 8.50. The SMILES string of the molecule is Cc1nc(C)n(C[C@H]2CCCN(CC(=O)N3CCCC3)C2)n1. The van der Waals surface area contributed by atoms with Gasteiger partial charge in [-0.2, -0.15) is 5.10 Å². The van der Waals surface area contributed by atoms with Gasteiger partial charge in [0.2, 0.25) is 5.91 Å². The van der Waals surface area contributed by atoms with Gasteiger partial charge in [0.25, 0.3) is 0 Å². The molecule has 6 nitrogen and oxygen atoms in total. The number of aryl methyl sites for hydroxylation is 2. The number of aromatic nitrogens is 3. The molecule has 0 aromatic carbocycles. The lowest BCUT2D eigenvalue weighted by atomic mass is 9.98. The molecular weight excluding hydrogens is 278 g/mol. The maximum Gasteiger partial charge on any atom is 0.236 e. The maximum atomic E-state index is 12.3. The van der Waals surface area contributed by atoms with E-state index in [0.29, 0.717) is 18.4 Å². The van der Waals surface area contributed by atoms with Gasteiger partial charge in [-0.3, -0.25) is 9.69 Å². The summed E-state index contributed by atoms with van der Waals surface area (Å²) in [5, 5.41) is 4.47. The Hall–Kier alpha value is -1.43. The smallest absolute Gasteiger partial charge is 0.236 e. The van der Waals surface area contributed by atoms with Crippen molar-refractivity contribution in [2.24, 2.45) is 5.92 Å². The molecule has 2 aliphatic heterocycles. The predicted molar refractivity (Wildman–Crippen MR) is 84.5 cm³/mol. The van der Waals surface area contributed by atoms with Gasteiger partial charge in [-0.1, -0.05) is 0 Å². The van der Waals surface area contributed by atoms with Crippen LogP contribution in [0.1, 0.15) is 37.3 Å². The fraction of sp³-hybridized carbons (Fsp3) is 0.812. The first-order valence-electron chi connectivity index (χ1n) is 8.50. The van der Waals surface area contributed by atoms with Crippen molar-refractivity contribution >= 4 is 5.91 Å². The van der Waals surface area contributed by atoms with E-state index in [9.17, 15) is 4.79 Å². The van der Waals surface area contributed by atoms with Crippen LogP contribution >= 0.6 is 0 Å². The molecule has 0 N–H and O–H groups in total. The average Bonchev–Trinajstić information content (AvgIpc) is 3.10. The van der Waals surface area contributed by atoms with Crippen LogP contribution in [-0.4, -0.2) is 63.2 Å². The summed E-state index contributed by atoms with van der Waals surface area (Å²) < 4.78 is 2.02. The van der Waals surface area contributed by atoms with Crippen molar-refractivity contribution in [3.63, 3.8) is 0 Å². The molecule has 1 amide bonds. The Balaban J connectivity index is 1.52. The van der Waals surface area contributed by atoms with Crippen LogP contribution < -0.4 is 0 Å². The third-order valence-electron chi connectivity index (χ3n) is 4.81. The summed E-state index contributed by atoms with van der Waals surface area (Å²) in [5.41, 5.74) is 0. The van der Waals surface area contributed by atoms with Crippen LogP contribution in [0.5, 0.6) is 0 Å². The first kappa shape index (κ1) is 15.5. The molecule has 122 valence electrons. The number of hydrogen-bond acceptors (Lipinski definition) is 4. The molecule has 0 saturated carbocycles. The van der Waals surface area contributed by atoms with Crippen LogP contribution in [0.15, 0.2) is 0 Å². The highest BCUT2D eigenvalue weighted by molar-refractivity contribution is 5.78. The minimum atomic E-state index is 0.311. The van der Waals surface area contributed by atoms with Gasteiger partial charge in [0.1, 0.15) is 11.6 Å². The van der Waals surface area contributed by atoms with Crippen molar-refractivity contribution in [1.82, 2.24) is 24.6 Å². The summed E-state index contributed by atoms with van der Waals surface area (Å²) in [4.78, 5) is 21.0. The largest absolute Gasteiger partial charge is 0.342 e. The molecular formula is C16H27N5O. The fourth-order valence-electron chi connectivity index (χ4n) is 3.68. The molecule has 0 aliphatic carbocycles. The Morgan fingerprint density at radius 2 is 1.95 bits per heavy atom. The van der Waals surface area contributed by atoms with Gasteiger partial charge >= 0.3 is 0 Å². The van der Waals surface area contributed by atoms with E-state index in [1.165, 1.54) is 25.7 Å². The van der Waals surface area contributed by atoms with Crippen LogP contribution in [0.25, 0.3) is 0 Å². The monoisotopic (exact) mass is 305 g/mol. The summed E-state index contributed by atoms with van der Waals surface area (Å²) in [7, 11) is 0. The first-order chi connectivity index (χ1) is 10.6. The van der Waals surface area contributed by atoms with Gasteiger partial charge in [0, 0.05) is 26.2 Å². The van der Waals surface area contributed by atoms with Crippen molar-refractivity contribution in [3.8, 4) is 0 Å². The molecule has 3 rings (SSSR count). The van der Waals surface area contributed by atoms with Crippen molar-refractivity contribution < 1.29 is 4.79 Å². The summed E-state index contributed by atoms with van der Waals surface area (Å²) in [6, 6.07) is 0. The van der Waals surface area contributed by atoms with Crippen molar-refractivity contribution in [2.45, 2.75) is 46.1 Å². The molecule has 2 saturated heterocycles. The molecule has 0 radical (unpaired) electrons. The number of amides is 1. The third kappa shape index (κ3) is 3.66. The minimum absolute atomic E-state index is 0.311. The number of likely N-dealkylation sites (tertiary alicyclic amines) is 2. The fourth-order valence-corrected chi connectivity index (χ4v) is 3.68. The molecule has 2 fully saturated rings. The molecule has 2 aliphatic rings. The second kappa shape index (κ2) is 6.77. The van der Waals surface area contributed by atoms with Crippen molar-refractivity contribution in [1.29, 1.82) is 0 Å². The number of carbonyl (C=O) groups excluding carboxylic acids is 1. The molecule has 0 unspecified atom stereocenters.